The number of carbonyl (C=O) groups is 1. The lowest BCUT2D eigenvalue weighted by molar-refractivity contribution is -0.119. The molecule has 0 aliphatic carbocycles. The Morgan fingerprint density at radius 1 is 1.19 bits per heavy atom. The lowest BCUT2D eigenvalue weighted by Gasteiger charge is -2.26. The van der Waals surface area contributed by atoms with Crippen molar-refractivity contribution in [2.24, 2.45) is 0 Å². The smallest absolute Gasteiger partial charge is 0.245 e. The fourth-order valence-electron chi connectivity index (χ4n) is 2.58. The van der Waals surface area contributed by atoms with E-state index in [2.05, 4.69) is 5.32 Å². The number of hydrogen-bond donors (Lipinski definition) is 1. The Kier molecular flexibility index (Phi) is 6.14. The Labute approximate surface area is 154 Å². The maximum absolute atomic E-state index is 13.0. The second-order valence-electron chi connectivity index (χ2n) is 5.85. The summed E-state index contributed by atoms with van der Waals surface area (Å²) in [6, 6.07) is 14.2. The van der Waals surface area contributed by atoms with E-state index in [1.54, 1.807) is 31.2 Å². The van der Waals surface area contributed by atoms with Gasteiger partial charge < -0.3 is 5.32 Å². The second kappa shape index (κ2) is 8.13. The average Bonchev–Trinajstić information content (AvgIpc) is 2.63. The zero-order chi connectivity index (χ0) is 19.3. The van der Waals surface area contributed by atoms with E-state index in [0.717, 1.165) is 9.87 Å². The first-order chi connectivity index (χ1) is 12.3. The third kappa shape index (κ3) is 4.10. The third-order valence-electron chi connectivity index (χ3n) is 4.04. The normalized spacial score (nSPS) is 12.4. The minimum Gasteiger partial charge on any atom is -0.325 e. The van der Waals surface area contributed by atoms with Crippen molar-refractivity contribution in [1.29, 1.82) is 5.26 Å². The first-order valence-corrected chi connectivity index (χ1v) is 9.63. The van der Waals surface area contributed by atoms with E-state index in [0.29, 0.717) is 5.69 Å². The van der Waals surface area contributed by atoms with Gasteiger partial charge in [-0.25, -0.2) is 8.42 Å². The van der Waals surface area contributed by atoms with Crippen molar-refractivity contribution < 1.29 is 13.2 Å². The van der Waals surface area contributed by atoms with Gasteiger partial charge in [0.1, 0.15) is 12.1 Å². The largest absolute Gasteiger partial charge is 0.325 e. The number of sulfonamides is 1. The highest BCUT2D eigenvalue weighted by Gasteiger charge is 2.33. The van der Waals surface area contributed by atoms with E-state index >= 15 is 0 Å². The predicted octanol–water partition coefficient (Wildman–Crippen LogP) is 2.90. The molecule has 1 N–H and O–H groups in total. The van der Waals surface area contributed by atoms with E-state index in [1.165, 1.54) is 19.1 Å². The summed E-state index contributed by atoms with van der Waals surface area (Å²) in [5, 5.41) is 11.9. The van der Waals surface area contributed by atoms with Gasteiger partial charge in [-0.2, -0.15) is 9.57 Å². The second-order valence-corrected chi connectivity index (χ2v) is 7.71. The highest BCUT2D eigenvalue weighted by molar-refractivity contribution is 7.89. The number of aryl methyl sites for hydroxylation is 1. The van der Waals surface area contributed by atoms with E-state index < -0.39 is 22.0 Å². The van der Waals surface area contributed by atoms with Crippen molar-refractivity contribution in [3.63, 3.8) is 0 Å². The third-order valence-corrected chi connectivity index (χ3v) is 6.14. The number of hydrogen-bond acceptors (Lipinski definition) is 4. The van der Waals surface area contributed by atoms with E-state index in [4.69, 9.17) is 0 Å². The maximum Gasteiger partial charge on any atom is 0.245 e. The van der Waals surface area contributed by atoms with Gasteiger partial charge in [0.2, 0.25) is 15.9 Å². The van der Waals surface area contributed by atoms with Gasteiger partial charge in [0.15, 0.2) is 0 Å². The summed E-state index contributed by atoms with van der Waals surface area (Å²) in [7, 11) is -3.99. The number of nitrogens with one attached hydrogen (secondary N) is 1. The molecule has 0 aliphatic heterocycles. The number of rotatable bonds is 6. The Bertz CT molecular complexity index is 931. The van der Waals surface area contributed by atoms with Crippen molar-refractivity contribution in [2.45, 2.75) is 31.7 Å². The molecule has 0 unspecified atom stereocenters. The Hall–Kier alpha value is -2.69. The van der Waals surface area contributed by atoms with Crippen LogP contribution in [0.5, 0.6) is 0 Å². The van der Waals surface area contributed by atoms with Crippen LogP contribution in [0, 0.1) is 18.3 Å². The van der Waals surface area contributed by atoms with Crippen molar-refractivity contribution >= 4 is 21.6 Å². The molecule has 0 heterocycles. The Morgan fingerprint density at radius 3 is 2.38 bits per heavy atom. The molecule has 2 rings (SSSR count). The highest BCUT2D eigenvalue weighted by atomic mass is 32.2. The molecule has 1 amide bonds. The molecule has 0 bridgehead atoms. The minimum atomic E-state index is -3.99. The molecule has 0 saturated heterocycles. The van der Waals surface area contributed by atoms with Crippen LogP contribution in [-0.4, -0.2) is 31.2 Å². The van der Waals surface area contributed by atoms with Gasteiger partial charge in [-0.3, -0.25) is 4.79 Å². The summed E-state index contributed by atoms with van der Waals surface area (Å²) in [6.07, 6.45) is 0. The summed E-state index contributed by atoms with van der Waals surface area (Å²) in [6.45, 7) is 5.22. The van der Waals surface area contributed by atoms with Gasteiger partial charge in [0.25, 0.3) is 0 Å². The van der Waals surface area contributed by atoms with Crippen LogP contribution in [0.1, 0.15) is 25.0 Å². The molecular formula is C19H21N3O3S. The molecule has 1 atom stereocenters. The van der Waals surface area contributed by atoms with Gasteiger partial charge in [0, 0.05) is 12.2 Å². The molecule has 7 heteroatoms. The lowest BCUT2D eigenvalue weighted by atomic mass is 10.2. The van der Waals surface area contributed by atoms with Crippen molar-refractivity contribution in [3.05, 3.63) is 59.7 Å². The monoisotopic (exact) mass is 371 g/mol. The molecule has 0 aromatic heterocycles. The molecule has 2 aromatic carbocycles. The summed E-state index contributed by atoms with van der Waals surface area (Å²) < 4.78 is 27.1. The van der Waals surface area contributed by atoms with Gasteiger partial charge in [-0.15, -0.1) is 0 Å². The first kappa shape index (κ1) is 19.6. The number of benzene rings is 2. The molecular weight excluding hydrogens is 350 g/mol. The summed E-state index contributed by atoms with van der Waals surface area (Å²) >= 11 is 0. The van der Waals surface area contributed by atoms with Crippen molar-refractivity contribution in [1.82, 2.24) is 4.31 Å². The zero-order valence-electron chi connectivity index (χ0n) is 14.9. The predicted molar refractivity (Wildman–Crippen MR) is 100.0 cm³/mol. The van der Waals surface area contributed by atoms with Crippen LogP contribution in [0.25, 0.3) is 0 Å². The van der Waals surface area contributed by atoms with Crippen LogP contribution in [0.3, 0.4) is 0 Å². The van der Waals surface area contributed by atoms with Crippen LogP contribution in [-0.2, 0) is 14.8 Å². The standard InChI is InChI=1S/C19H21N3O3S/c1-4-22(26(24,25)18-8-6-5-7-16(18)13-20)15(3)19(23)21-17-11-9-14(2)10-12-17/h5-12,15H,4H2,1-3H3,(H,21,23)/t15-/m1/s1. The molecule has 0 radical (unpaired) electrons. The van der Waals surface area contributed by atoms with Crippen LogP contribution in [0.15, 0.2) is 53.4 Å². The fourth-order valence-corrected chi connectivity index (χ4v) is 4.32. The average molecular weight is 371 g/mol. The lowest BCUT2D eigenvalue weighted by Crippen LogP contribution is -2.45. The van der Waals surface area contributed by atoms with Gasteiger partial charge >= 0.3 is 0 Å². The van der Waals surface area contributed by atoms with Crippen LogP contribution >= 0.6 is 0 Å². The first-order valence-electron chi connectivity index (χ1n) is 8.19. The highest BCUT2D eigenvalue weighted by Crippen LogP contribution is 2.22. The molecule has 0 aliphatic rings. The molecule has 136 valence electrons. The Balaban J connectivity index is 2.29. The number of likely N-dealkylation sites (N-methyl/N-ethyl adjacent to an activating group) is 1. The molecule has 6 nitrogen and oxygen atoms in total. The summed E-state index contributed by atoms with van der Waals surface area (Å²) in [4.78, 5) is 12.5. The van der Waals surface area contributed by atoms with Crippen molar-refractivity contribution in [3.8, 4) is 6.07 Å². The van der Waals surface area contributed by atoms with Crippen LogP contribution in [0.2, 0.25) is 0 Å². The van der Waals surface area contributed by atoms with E-state index in [-0.39, 0.29) is 17.0 Å². The van der Waals surface area contributed by atoms with Gasteiger partial charge in [-0.1, -0.05) is 36.8 Å². The topological polar surface area (TPSA) is 90.3 Å². The molecule has 0 saturated carbocycles. The number of amides is 1. The SMILES string of the molecule is CCN([C@H](C)C(=O)Nc1ccc(C)cc1)S(=O)(=O)c1ccccc1C#N. The van der Waals surface area contributed by atoms with Gasteiger partial charge in [0.05, 0.1) is 10.5 Å². The Morgan fingerprint density at radius 2 is 1.81 bits per heavy atom. The quantitative estimate of drug-likeness (QED) is 0.845. The number of anilines is 1. The maximum atomic E-state index is 13.0. The van der Waals surface area contributed by atoms with Gasteiger partial charge in [-0.05, 0) is 38.1 Å². The molecule has 26 heavy (non-hydrogen) atoms. The summed E-state index contributed by atoms with van der Waals surface area (Å²) in [5.74, 6) is -0.436. The number of nitriles is 1. The fraction of sp³-hybridized carbons (Fsp3) is 0.263. The number of carbonyl (C=O) groups excluding carboxylic acids is 1. The molecule has 0 fully saturated rings. The van der Waals surface area contributed by atoms with E-state index in [9.17, 15) is 18.5 Å². The molecule has 0 spiro atoms. The van der Waals surface area contributed by atoms with E-state index in [1.807, 2.05) is 25.1 Å². The number of nitrogens with zero attached hydrogens (tertiary/aromatic N) is 2. The molecule has 2 aromatic rings. The minimum absolute atomic E-state index is 0.0529. The van der Waals surface area contributed by atoms with Crippen molar-refractivity contribution in [2.75, 3.05) is 11.9 Å². The zero-order valence-corrected chi connectivity index (χ0v) is 15.7. The summed E-state index contributed by atoms with van der Waals surface area (Å²) in [5.41, 5.74) is 1.71. The van der Waals surface area contributed by atoms with Crippen LogP contribution < -0.4 is 5.32 Å². The van der Waals surface area contributed by atoms with Crippen LogP contribution in [0.4, 0.5) is 5.69 Å².